The molecule has 1 unspecified atom stereocenters. The molecule has 0 aliphatic heterocycles. The van der Waals surface area contributed by atoms with Crippen molar-refractivity contribution in [1.29, 1.82) is 0 Å². The van der Waals surface area contributed by atoms with Gasteiger partial charge < -0.3 is 15.8 Å². The van der Waals surface area contributed by atoms with E-state index in [4.69, 9.17) is 10.5 Å². The number of likely N-dealkylation sites (N-methyl/N-ethyl adjacent to an activating group) is 1. The van der Waals surface area contributed by atoms with Crippen LogP contribution in [0.3, 0.4) is 0 Å². The summed E-state index contributed by atoms with van der Waals surface area (Å²) in [6.07, 6.45) is 0. The van der Waals surface area contributed by atoms with Gasteiger partial charge in [-0.25, -0.2) is 0 Å². The molecule has 0 saturated carbocycles. The molecular formula is C14H23N3O2. The van der Waals surface area contributed by atoms with E-state index in [1.165, 1.54) is 0 Å². The third-order valence-electron chi connectivity index (χ3n) is 3.03. The number of anilines is 1. The lowest BCUT2D eigenvalue weighted by molar-refractivity contribution is -0.117. The van der Waals surface area contributed by atoms with E-state index in [1.54, 1.807) is 7.11 Å². The van der Waals surface area contributed by atoms with Crippen molar-refractivity contribution in [3.05, 3.63) is 29.8 Å². The zero-order valence-electron chi connectivity index (χ0n) is 11.8. The first-order valence-electron chi connectivity index (χ1n) is 6.35. The van der Waals surface area contributed by atoms with Crippen LogP contribution in [0.5, 0.6) is 0 Å². The highest BCUT2D eigenvalue weighted by atomic mass is 16.5. The smallest absolute Gasteiger partial charge is 0.238 e. The number of amides is 1. The first-order valence-corrected chi connectivity index (χ1v) is 6.35. The van der Waals surface area contributed by atoms with E-state index >= 15 is 0 Å². The third-order valence-corrected chi connectivity index (χ3v) is 3.03. The molecule has 1 aromatic carbocycles. The van der Waals surface area contributed by atoms with Crippen LogP contribution in [0.2, 0.25) is 0 Å². The summed E-state index contributed by atoms with van der Waals surface area (Å²) < 4.78 is 5.06. The Labute approximate surface area is 114 Å². The van der Waals surface area contributed by atoms with Gasteiger partial charge in [0.05, 0.1) is 13.2 Å². The largest absolute Gasteiger partial charge is 0.383 e. The third kappa shape index (κ3) is 5.38. The number of hydrogen-bond acceptors (Lipinski definition) is 4. The second-order valence-corrected chi connectivity index (χ2v) is 4.67. The summed E-state index contributed by atoms with van der Waals surface area (Å²) in [5.41, 5.74) is 7.36. The van der Waals surface area contributed by atoms with E-state index < -0.39 is 0 Å². The molecule has 0 aliphatic carbocycles. The number of nitrogens with one attached hydrogen (secondary N) is 1. The van der Waals surface area contributed by atoms with Gasteiger partial charge in [-0.2, -0.15) is 0 Å². The minimum absolute atomic E-state index is 0.0362. The van der Waals surface area contributed by atoms with Crippen LogP contribution in [0.25, 0.3) is 0 Å². The Balaban J connectivity index is 2.45. The quantitative estimate of drug-likeness (QED) is 0.773. The van der Waals surface area contributed by atoms with Crippen molar-refractivity contribution in [2.75, 3.05) is 32.6 Å². The highest BCUT2D eigenvalue weighted by Gasteiger charge is 2.12. The number of rotatable bonds is 7. The molecule has 0 aromatic heterocycles. The van der Waals surface area contributed by atoms with Gasteiger partial charge in [0.1, 0.15) is 0 Å². The fourth-order valence-electron chi connectivity index (χ4n) is 1.68. The monoisotopic (exact) mass is 265 g/mol. The standard InChI is InChI=1S/C14H23N3O2/c1-11(10-19-3)17(2)9-14(18)16-13-6-4-12(8-15)5-7-13/h4-7,11H,8-10,15H2,1-3H3,(H,16,18). The van der Waals surface area contributed by atoms with E-state index in [1.807, 2.05) is 43.1 Å². The molecule has 1 aromatic rings. The van der Waals surface area contributed by atoms with Gasteiger partial charge >= 0.3 is 0 Å². The summed E-state index contributed by atoms with van der Waals surface area (Å²) in [5.74, 6) is -0.0362. The molecule has 3 N–H and O–H groups in total. The Bertz CT molecular complexity index is 392. The molecule has 0 spiro atoms. The fourth-order valence-corrected chi connectivity index (χ4v) is 1.68. The Morgan fingerprint density at radius 1 is 1.42 bits per heavy atom. The number of ether oxygens (including phenoxy) is 1. The zero-order valence-corrected chi connectivity index (χ0v) is 11.8. The zero-order chi connectivity index (χ0) is 14.3. The minimum atomic E-state index is -0.0362. The second-order valence-electron chi connectivity index (χ2n) is 4.67. The Morgan fingerprint density at radius 2 is 2.05 bits per heavy atom. The SMILES string of the molecule is COCC(C)N(C)CC(=O)Nc1ccc(CN)cc1. The molecule has 0 fully saturated rings. The van der Waals surface area contributed by atoms with Gasteiger partial charge in [-0.15, -0.1) is 0 Å². The maximum Gasteiger partial charge on any atom is 0.238 e. The molecule has 1 rings (SSSR count). The van der Waals surface area contributed by atoms with Gasteiger partial charge in [0.15, 0.2) is 0 Å². The molecule has 0 heterocycles. The van der Waals surface area contributed by atoms with Gasteiger partial charge in [0.2, 0.25) is 5.91 Å². The average molecular weight is 265 g/mol. The number of benzene rings is 1. The van der Waals surface area contributed by atoms with Crippen molar-refractivity contribution in [1.82, 2.24) is 4.90 Å². The van der Waals surface area contributed by atoms with Gasteiger partial charge in [0.25, 0.3) is 0 Å². The highest BCUT2D eigenvalue weighted by Crippen LogP contribution is 2.09. The van der Waals surface area contributed by atoms with Crippen LogP contribution in [0, 0.1) is 0 Å². The number of hydrogen-bond donors (Lipinski definition) is 2. The van der Waals surface area contributed by atoms with Gasteiger partial charge in [-0.05, 0) is 31.7 Å². The van der Waals surface area contributed by atoms with E-state index in [2.05, 4.69) is 5.32 Å². The molecule has 0 bridgehead atoms. The van der Waals surface area contributed by atoms with Crippen molar-refractivity contribution in [2.45, 2.75) is 19.5 Å². The van der Waals surface area contributed by atoms with E-state index in [-0.39, 0.29) is 11.9 Å². The van der Waals surface area contributed by atoms with Crippen LogP contribution in [0.1, 0.15) is 12.5 Å². The maximum atomic E-state index is 11.9. The Kier molecular flexibility index (Phi) is 6.49. The lowest BCUT2D eigenvalue weighted by Gasteiger charge is -2.23. The lowest BCUT2D eigenvalue weighted by Crippen LogP contribution is -2.38. The fraction of sp³-hybridized carbons (Fsp3) is 0.500. The van der Waals surface area contributed by atoms with Crippen LogP contribution < -0.4 is 11.1 Å². The Morgan fingerprint density at radius 3 is 2.58 bits per heavy atom. The molecule has 19 heavy (non-hydrogen) atoms. The van der Waals surface area contributed by atoms with Crippen molar-refractivity contribution >= 4 is 11.6 Å². The van der Waals surface area contributed by atoms with Crippen LogP contribution in [-0.2, 0) is 16.1 Å². The number of methoxy groups -OCH3 is 1. The van der Waals surface area contributed by atoms with Gasteiger partial charge in [0, 0.05) is 25.4 Å². The summed E-state index contributed by atoms with van der Waals surface area (Å²) in [5, 5.41) is 2.86. The van der Waals surface area contributed by atoms with Crippen molar-refractivity contribution in [2.24, 2.45) is 5.73 Å². The van der Waals surface area contributed by atoms with Crippen molar-refractivity contribution < 1.29 is 9.53 Å². The summed E-state index contributed by atoms with van der Waals surface area (Å²) in [7, 11) is 3.56. The topological polar surface area (TPSA) is 67.6 Å². The highest BCUT2D eigenvalue weighted by molar-refractivity contribution is 5.92. The van der Waals surface area contributed by atoms with Crippen LogP contribution >= 0.6 is 0 Å². The normalized spacial score (nSPS) is 12.5. The van der Waals surface area contributed by atoms with Crippen molar-refractivity contribution in [3.63, 3.8) is 0 Å². The molecule has 1 atom stereocenters. The first kappa shape index (κ1) is 15.6. The van der Waals surface area contributed by atoms with Crippen LogP contribution in [0.4, 0.5) is 5.69 Å². The van der Waals surface area contributed by atoms with Gasteiger partial charge in [-0.1, -0.05) is 12.1 Å². The minimum Gasteiger partial charge on any atom is -0.383 e. The molecule has 5 nitrogen and oxygen atoms in total. The molecule has 106 valence electrons. The summed E-state index contributed by atoms with van der Waals surface area (Å²) >= 11 is 0. The lowest BCUT2D eigenvalue weighted by atomic mass is 10.2. The van der Waals surface area contributed by atoms with Gasteiger partial charge in [-0.3, -0.25) is 9.69 Å². The van der Waals surface area contributed by atoms with Crippen LogP contribution in [0.15, 0.2) is 24.3 Å². The molecule has 1 amide bonds. The number of carbonyl (C=O) groups is 1. The summed E-state index contributed by atoms with van der Waals surface area (Å²) in [6.45, 7) is 3.47. The molecule has 0 radical (unpaired) electrons. The predicted octanol–water partition coefficient (Wildman–Crippen LogP) is 1.05. The predicted molar refractivity (Wildman–Crippen MR) is 76.9 cm³/mol. The molecule has 0 aliphatic rings. The number of nitrogens with two attached hydrogens (primary N) is 1. The molecule has 0 saturated heterocycles. The maximum absolute atomic E-state index is 11.9. The first-order chi connectivity index (χ1) is 9.06. The van der Waals surface area contributed by atoms with E-state index in [9.17, 15) is 4.79 Å². The number of nitrogens with zero attached hydrogens (tertiary/aromatic N) is 1. The molecular weight excluding hydrogens is 242 g/mol. The summed E-state index contributed by atoms with van der Waals surface area (Å²) in [6, 6.07) is 7.74. The average Bonchev–Trinajstić information content (AvgIpc) is 2.39. The van der Waals surface area contributed by atoms with Crippen LogP contribution in [-0.4, -0.2) is 44.2 Å². The van der Waals surface area contributed by atoms with E-state index in [0.717, 1.165) is 11.3 Å². The number of carbonyl (C=O) groups excluding carboxylic acids is 1. The van der Waals surface area contributed by atoms with Crippen molar-refractivity contribution in [3.8, 4) is 0 Å². The summed E-state index contributed by atoms with van der Waals surface area (Å²) in [4.78, 5) is 13.8. The Hall–Kier alpha value is -1.43. The van der Waals surface area contributed by atoms with E-state index in [0.29, 0.717) is 19.7 Å². The molecule has 5 heteroatoms. The second kappa shape index (κ2) is 7.89.